The number of fused-ring (bicyclic) bond motifs is 2. The summed E-state index contributed by atoms with van der Waals surface area (Å²) < 4.78 is 0. The zero-order valence-electron chi connectivity index (χ0n) is 11.2. The third kappa shape index (κ3) is 2.36. The van der Waals surface area contributed by atoms with Crippen molar-refractivity contribution in [3.8, 4) is 0 Å². The van der Waals surface area contributed by atoms with Gasteiger partial charge in [0.15, 0.2) is 0 Å². The molecule has 0 amide bonds. The highest BCUT2D eigenvalue weighted by Gasteiger charge is 2.25. The summed E-state index contributed by atoms with van der Waals surface area (Å²) in [5, 5.41) is 7.05. The van der Waals surface area contributed by atoms with Crippen molar-refractivity contribution in [2.24, 2.45) is 0 Å². The lowest BCUT2D eigenvalue weighted by molar-refractivity contribution is 0.528. The van der Waals surface area contributed by atoms with E-state index < -0.39 is 0 Å². The number of rotatable bonds is 2. The fourth-order valence-electron chi connectivity index (χ4n) is 2.43. The number of hydrogen-bond acceptors (Lipinski definition) is 3. The highest BCUT2D eigenvalue weighted by molar-refractivity contribution is 7.99. The lowest BCUT2D eigenvalue weighted by atomic mass is 10.00. The number of likely N-dealkylation sites (N-methyl/N-ethyl adjacent to an activating group) is 1. The number of hydrogen-bond donors (Lipinski definition) is 2. The van der Waals surface area contributed by atoms with Gasteiger partial charge in [-0.3, -0.25) is 0 Å². The Bertz CT molecular complexity index is 582. The van der Waals surface area contributed by atoms with Crippen LogP contribution in [0, 0.1) is 0 Å². The second kappa shape index (κ2) is 5.27. The number of para-hydroxylation sites is 1. The van der Waals surface area contributed by atoms with Crippen LogP contribution in [0.5, 0.6) is 0 Å². The molecule has 98 valence electrons. The Morgan fingerprint density at radius 1 is 1.05 bits per heavy atom. The number of nitrogens with one attached hydrogen (secondary N) is 2. The summed E-state index contributed by atoms with van der Waals surface area (Å²) in [6.45, 7) is 2.22. The smallest absolute Gasteiger partial charge is 0.0675 e. The fraction of sp³-hybridized carbons (Fsp3) is 0.250. The Hall–Kier alpha value is -1.45. The second-order valence-electron chi connectivity index (χ2n) is 4.84. The molecule has 2 aromatic carbocycles. The van der Waals surface area contributed by atoms with Crippen LogP contribution in [0.3, 0.4) is 0 Å². The molecule has 0 saturated heterocycles. The Morgan fingerprint density at radius 3 is 2.53 bits per heavy atom. The lowest BCUT2D eigenvalue weighted by Gasteiger charge is -2.26. The molecule has 0 bridgehead atoms. The maximum Gasteiger partial charge on any atom is 0.0675 e. The van der Waals surface area contributed by atoms with Crippen LogP contribution in [-0.4, -0.2) is 13.1 Å². The Morgan fingerprint density at radius 2 is 1.74 bits per heavy atom. The summed E-state index contributed by atoms with van der Waals surface area (Å²) in [7, 11) is 2.01. The van der Waals surface area contributed by atoms with Gasteiger partial charge in [-0.2, -0.15) is 0 Å². The van der Waals surface area contributed by atoms with Gasteiger partial charge in [-0.15, -0.1) is 0 Å². The van der Waals surface area contributed by atoms with Gasteiger partial charge < -0.3 is 10.6 Å². The molecule has 0 radical (unpaired) electrons. The molecule has 3 heteroatoms. The SMILES string of the molecule is CNC(C)C1Nc2ccccc2Sc2ccccc21. The molecule has 1 aliphatic heterocycles. The van der Waals surface area contributed by atoms with Gasteiger partial charge in [0, 0.05) is 21.5 Å². The molecule has 2 nitrogen and oxygen atoms in total. The van der Waals surface area contributed by atoms with Crippen LogP contribution in [-0.2, 0) is 0 Å². The average molecular weight is 270 g/mol. The molecule has 0 aromatic heterocycles. The number of anilines is 1. The molecule has 3 rings (SSSR count). The van der Waals surface area contributed by atoms with Gasteiger partial charge in [0.1, 0.15) is 0 Å². The van der Waals surface area contributed by atoms with Crippen molar-refractivity contribution in [3.63, 3.8) is 0 Å². The average Bonchev–Trinajstić information content (AvgIpc) is 2.62. The van der Waals surface area contributed by atoms with Crippen molar-refractivity contribution in [1.82, 2.24) is 5.32 Å². The largest absolute Gasteiger partial charge is 0.376 e. The van der Waals surface area contributed by atoms with Crippen LogP contribution >= 0.6 is 11.8 Å². The summed E-state index contributed by atoms with van der Waals surface area (Å²) in [6, 6.07) is 17.8. The first-order chi connectivity index (χ1) is 9.29. The fourth-order valence-corrected chi connectivity index (χ4v) is 3.51. The van der Waals surface area contributed by atoms with Crippen molar-refractivity contribution < 1.29 is 0 Å². The van der Waals surface area contributed by atoms with Crippen LogP contribution in [0.25, 0.3) is 0 Å². The van der Waals surface area contributed by atoms with E-state index in [0.29, 0.717) is 6.04 Å². The predicted octanol–water partition coefficient (Wildman–Crippen LogP) is 3.91. The van der Waals surface area contributed by atoms with E-state index in [-0.39, 0.29) is 6.04 Å². The molecule has 2 unspecified atom stereocenters. The van der Waals surface area contributed by atoms with Crippen LogP contribution in [0.1, 0.15) is 18.5 Å². The molecular formula is C16H18N2S. The molecule has 2 atom stereocenters. The molecule has 2 aromatic rings. The van der Waals surface area contributed by atoms with Crippen molar-refractivity contribution in [2.45, 2.75) is 28.8 Å². The van der Waals surface area contributed by atoms with Crippen LogP contribution in [0.15, 0.2) is 58.3 Å². The van der Waals surface area contributed by atoms with E-state index in [9.17, 15) is 0 Å². The van der Waals surface area contributed by atoms with Gasteiger partial charge in [0.2, 0.25) is 0 Å². The molecule has 1 heterocycles. The normalized spacial score (nSPS) is 18.7. The summed E-state index contributed by atoms with van der Waals surface area (Å²) in [6.07, 6.45) is 0. The molecule has 0 spiro atoms. The maximum atomic E-state index is 3.68. The summed E-state index contributed by atoms with van der Waals surface area (Å²) >= 11 is 1.84. The van der Waals surface area contributed by atoms with Gasteiger partial charge in [-0.25, -0.2) is 0 Å². The Kier molecular flexibility index (Phi) is 3.49. The van der Waals surface area contributed by atoms with E-state index in [1.54, 1.807) is 0 Å². The third-order valence-electron chi connectivity index (χ3n) is 3.63. The van der Waals surface area contributed by atoms with Crippen molar-refractivity contribution >= 4 is 17.4 Å². The molecule has 2 N–H and O–H groups in total. The zero-order valence-corrected chi connectivity index (χ0v) is 12.0. The molecule has 1 aliphatic rings. The first-order valence-electron chi connectivity index (χ1n) is 6.59. The van der Waals surface area contributed by atoms with E-state index in [4.69, 9.17) is 0 Å². The molecule has 0 saturated carbocycles. The quantitative estimate of drug-likeness (QED) is 0.865. The van der Waals surface area contributed by atoms with Gasteiger partial charge in [-0.1, -0.05) is 42.1 Å². The number of benzene rings is 2. The van der Waals surface area contributed by atoms with Gasteiger partial charge >= 0.3 is 0 Å². The standard InChI is InChI=1S/C16H18N2S/c1-11(17-2)16-12-7-3-5-9-14(12)19-15-10-6-4-8-13(15)18-16/h3-11,16-18H,1-2H3. The highest BCUT2D eigenvalue weighted by Crippen LogP contribution is 2.42. The lowest BCUT2D eigenvalue weighted by Crippen LogP contribution is -2.33. The predicted molar refractivity (Wildman–Crippen MR) is 81.9 cm³/mol. The maximum absolute atomic E-state index is 3.68. The van der Waals surface area contributed by atoms with Gasteiger partial charge in [-0.05, 0) is 37.7 Å². The first-order valence-corrected chi connectivity index (χ1v) is 7.41. The minimum absolute atomic E-state index is 0.289. The van der Waals surface area contributed by atoms with E-state index >= 15 is 0 Å². The molecule has 0 aliphatic carbocycles. The summed E-state index contributed by atoms with van der Waals surface area (Å²) in [5.41, 5.74) is 2.58. The molecular weight excluding hydrogens is 252 g/mol. The van der Waals surface area contributed by atoms with Crippen LogP contribution in [0.4, 0.5) is 5.69 Å². The van der Waals surface area contributed by atoms with Crippen LogP contribution in [0.2, 0.25) is 0 Å². The van der Waals surface area contributed by atoms with E-state index in [2.05, 4.69) is 66.1 Å². The first kappa shape index (κ1) is 12.6. The van der Waals surface area contributed by atoms with Crippen molar-refractivity contribution in [2.75, 3.05) is 12.4 Å². The van der Waals surface area contributed by atoms with Crippen molar-refractivity contribution in [3.05, 3.63) is 54.1 Å². The van der Waals surface area contributed by atoms with Crippen molar-refractivity contribution in [1.29, 1.82) is 0 Å². The van der Waals surface area contributed by atoms with Crippen LogP contribution < -0.4 is 10.6 Å². The van der Waals surface area contributed by atoms with Gasteiger partial charge in [0.25, 0.3) is 0 Å². The van der Waals surface area contributed by atoms with E-state index in [0.717, 1.165) is 0 Å². The summed E-state index contributed by atoms with van der Waals surface area (Å²) in [4.78, 5) is 2.63. The summed E-state index contributed by atoms with van der Waals surface area (Å²) in [5.74, 6) is 0. The zero-order chi connectivity index (χ0) is 13.2. The molecule has 19 heavy (non-hydrogen) atoms. The van der Waals surface area contributed by atoms with E-state index in [1.807, 2.05) is 18.8 Å². The monoisotopic (exact) mass is 270 g/mol. The Balaban J connectivity index is 2.11. The minimum Gasteiger partial charge on any atom is -0.376 e. The topological polar surface area (TPSA) is 24.1 Å². The minimum atomic E-state index is 0.289. The van der Waals surface area contributed by atoms with Gasteiger partial charge in [0.05, 0.1) is 6.04 Å². The molecule has 0 fully saturated rings. The highest BCUT2D eigenvalue weighted by atomic mass is 32.2. The Labute approximate surface area is 118 Å². The third-order valence-corrected chi connectivity index (χ3v) is 4.80. The van der Waals surface area contributed by atoms with E-state index in [1.165, 1.54) is 21.0 Å². The second-order valence-corrected chi connectivity index (χ2v) is 5.92.